The number of alkyl halides is 3. The highest BCUT2D eigenvalue weighted by atomic mass is 19.4. The van der Waals surface area contributed by atoms with Crippen molar-refractivity contribution in [1.29, 1.82) is 0 Å². The van der Waals surface area contributed by atoms with Gasteiger partial charge in [-0.2, -0.15) is 13.2 Å². The van der Waals surface area contributed by atoms with Crippen molar-refractivity contribution in [2.24, 2.45) is 0 Å². The Morgan fingerprint density at radius 3 is 2.70 bits per heavy atom. The Hall–Kier alpha value is -4.21. The number of fused-ring (bicyclic) bond motifs is 3. The Morgan fingerprint density at radius 1 is 1.18 bits per heavy atom. The van der Waals surface area contributed by atoms with Crippen LogP contribution < -0.4 is 10.6 Å². The molecule has 1 spiro atoms. The number of nitrogens with one attached hydrogen (secondary N) is 2. The van der Waals surface area contributed by atoms with Gasteiger partial charge in [0, 0.05) is 53.1 Å². The fourth-order valence-electron chi connectivity index (χ4n) is 6.43. The van der Waals surface area contributed by atoms with E-state index in [4.69, 9.17) is 0 Å². The third-order valence-corrected chi connectivity index (χ3v) is 8.48. The molecule has 7 nitrogen and oxygen atoms in total. The third kappa shape index (κ3) is 4.41. The number of allylic oxidation sites excluding steroid dienone is 1. The lowest BCUT2D eigenvalue weighted by molar-refractivity contribution is -0.170. The first-order chi connectivity index (χ1) is 19.1. The predicted molar refractivity (Wildman–Crippen MR) is 143 cm³/mol. The molecule has 4 atom stereocenters. The number of carbonyl (C=O) groups excluding carboxylic acids is 2. The quantitative estimate of drug-likeness (QED) is 0.502. The van der Waals surface area contributed by atoms with Crippen LogP contribution in [0.2, 0.25) is 0 Å². The summed E-state index contributed by atoms with van der Waals surface area (Å²) >= 11 is 0. The molecule has 2 N–H and O–H groups in total. The van der Waals surface area contributed by atoms with Crippen LogP contribution in [-0.4, -0.2) is 51.5 Å². The Kier molecular flexibility index (Phi) is 6.16. The first-order valence-electron chi connectivity index (χ1n) is 13.2. The van der Waals surface area contributed by atoms with E-state index in [2.05, 4.69) is 27.2 Å². The normalized spacial score (nSPS) is 25.5. The lowest BCUT2D eigenvalue weighted by Crippen LogP contribution is -2.59. The Morgan fingerprint density at radius 2 is 1.95 bits per heavy atom. The number of pyridine rings is 2. The molecule has 10 heteroatoms. The summed E-state index contributed by atoms with van der Waals surface area (Å²) in [6, 6.07) is 13.0. The lowest BCUT2D eigenvalue weighted by Gasteiger charge is -2.43. The summed E-state index contributed by atoms with van der Waals surface area (Å²) in [6.45, 7) is 4.47. The predicted octanol–water partition coefficient (Wildman–Crippen LogP) is 4.52. The number of aromatic nitrogens is 2. The summed E-state index contributed by atoms with van der Waals surface area (Å²) in [6.07, 6.45) is -0.00672. The van der Waals surface area contributed by atoms with Crippen molar-refractivity contribution in [3.05, 3.63) is 101 Å². The van der Waals surface area contributed by atoms with Crippen molar-refractivity contribution < 1.29 is 22.8 Å². The van der Waals surface area contributed by atoms with Crippen molar-refractivity contribution in [2.75, 3.05) is 11.9 Å². The maximum absolute atomic E-state index is 13.4. The number of likely N-dealkylation sites (tertiary alicyclic amines) is 1. The Labute approximate surface area is 229 Å². The number of carbonyl (C=O) groups is 2. The second-order valence-electron chi connectivity index (χ2n) is 10.9. The molecule has 0 saturated carbocycles. The van der Waals surface area contributed by atoms with Crippen LogP contribution in [0.4, 0.5) is 19.0 Å². The van der Waals surface area contributed by atoms with Gasteiger partial charge in [0.15, 0.2) is 0 Å². The molecule has 1 fully saturated rings. The number of anilines is 1. The second kappa shape index (κ2) is 9.46. The van der Waals surface area contributed by atoms with Gasteiger partial charge in [-0.1, -0.05) is 43.0 Å². The van der Waals surface area contributed by atoms with E-state index in [0.29, 0.717) is 12.8 Å². The van der Waals surface area contributed by atoms with Crippen LogP contribution in [0.5, 0.6) is 0 Å². The first-order valence-corrected chi connectivity index (χ1v) is 13.2. The molecule has 40 heavy (non-hydrogen) atoms. The number of hydrogen-bond acceptors (Lipinski definition) is 5. The van der Waals surface area contributed by atoms with E-state index in [1.807, 2.05) is 42.5 Å². The number of benzene rings is 1. The molecule has 3 aromatic rings. The summed E-state index contributed by atoms with van der Waals surface area (Å²) in [5.41, 5.74) is 4.25. The maximum Gasteiger partial charge on any atom is 0.406 e. The van der Waals surface area contributed by atoms with Crippen molar-refractivity contribution in [3.8, 4) is 0 Å². The van der Waals surface area contributed by atoms with Crippen LogP contribution in [0.3, 0.4) is 0 Å². The molecule has 2 aliphatic heterocycles. The van der Waals surface area contributed by atoms with Gasteiger partial charge >= 0.3 is 6.18 Å². The van der Waals surface area contributed by atoms with Gasteiger partial charge in [-0.15, -0.1) is 0 Å². The molecule has 1 saturated heterocycles. The molecule has 2 amide bonds. The van der Waals surface area contributed by atoms with Gasteiger partial charge in [-0.25, -0.2) is 4.98 Å². The number of halogens is 3. The highest BCUT2D eigenvalue weighted by Gasteiger charge is 2.48. The molecule has 2 aromatic heterocycles. The van der Waals surface area contributed by atoms with E-state index in [1.165, 1.54) is 6.20 Å². The minimum absolute atomic E-state index is 0.195. The first kappa shape index (κ1) is 26.0. The average molecular weight is 548 g/mol. The van der Waals surface area contributed by atoms with Gasteiger partial charge in [-0.3, -0.25) is 14.6 Å². The molecule has 1 aromatic carbocycles. The van der Waals surface area contributed by atoms with Gasteiger partial charge in [-0.05, 0) is 43.0 Å². The summed E-state index contributed by atoms with van der Waals surface area (Å²) < 4.78 is 40.3. The van der Waals surface area contributed by atoms with Crippen molar-refractivity contribution in [2.45, 2.75) is 55.8 Å². The van der Waals surface area contributed by atoms with Crippen LogP contribution in [0.1, 0.15) is 52.0 Å². The third-order valence-electron chi connectivity index (χ3n) is 8.48. The molecular formula is C30H28F3N5O2. The zero-order valence-corrected chi connectivity index (χ0v) is 21.8. The van der Waals surface area contributed by atoms with E-state index in [-0.39, 0.29) is 17.9 Å². The smallest absolute Gasteiger partial charge is 0.343 e. The van der Waals surface area contributed by atoms with E-state index >= 15 is 0 Å². The number of rotatable bonds is 4. The van der Waals surface area contributed by atoms with E-state index in [1.54, 1.807) is 19.2 Å². The van der Waals surface area contributed by atoms with Crippen molar-refractivity contribution in [3.63, 3.8) is 0 Å². The van der Waals surface area contributed by atoms with E-state index in [0.717, 1.165) is 38.8 Å². The van der Waals surface area contributed by atoms with Crippen LogP contribution >= 0.6 is 0 Å². The Balaban J connectivity index is 1.25. The molecular weight excluding hydrogens is 519 g/mol. The summed E-state index contributed by atoms with van der Waals surface area (Å²) in [7, 11) is 0. The molecule has 206 valence electrons. The summed E-state index contributed by atoms with van der Waals surface area (Å²) in [4.78, 5) is 36.4. The van der Waals surface area contributed by atoms with Gasteiger partial charge in [0.05, 0.1) is 5.56 Å². The monoisotopic (exact) mass is 547 g/mol. The molecule has 0 bridgehead atoms. The lowest BCUT2D eigenvalue weighted by atomic mass is 9.78. The maximum atomic E-state index is 13.4. The summed E-state index contributed by atoms with van der Waals surface area (Å²) in [5.74, 6) is -0.900. The molecule has 0 radical (unpaired) electrons. The standard InChI is InChI=1S/C30H28F3N5O2/c1-17-22(19-7-4-3-5-8-19)12-24(28(40)38(17)16-30(31,32)33)37-27(39)21-11-20-13-29(14-25(20)35-15-21)18(2)36-26-23(29)9-6-10-34-26/h3-11,15,17,22,24H,2,12-14,16H2,1H3,(H,34,36)(H,37,39)/t17-,22-,24+,29-/m1/s1. The zero-order valence-electron chi connectivity index (χ0n) is 21.8. The Bertz CT molecular complexity index is 1510. The van der Waals surface area contributed by atoms with Gasteiger partial charge in [0.1, 0.15) is 18.4 Å². The van der Waals surface area contributed by atoms with Crippen LogP contribution in [0.25, 0.3) is 0 Å². The van der Waals surface area contributed by atoms with Crippen LogP contribution in [0, 0.1) is 0 Å². The van der Waals surface area contributed by atoms with Gasteiger partial charge < -0.3 is 15.5 Å². The van der Waals surface area contributed by atoms with Crippen LogP contribution in [-0.2, 0) is 23.1 Å². The molecule has 3 aliphatic rings. The molecule has 4 heterocycles. The van der Waals surface area contributed by atoms with Crippen molar-refractivity contribution >= 4 is 17.6 Å². The van der Waals surface area contributed by atoms with E-state index < -0.39 is 42.0 Å². The highest BCUT2D eigenvalue weighted by molar-refractivity contribution is 5.98. The zero-order chi connectivity index (χ0) is 28.2. The topological polar surface area (TPSA) is 87.2 Å². The number of hydrogen-bond donors (Lipinski definition) is 2. The second-order valence-corrected chi connectivity index (χ2v) is 10.9. The molecule has 6 rings (SSSR count). The fourth-order valence-corrected chi connectivity index (χ4v) is 6.43. The fraction of sp³-hybridized carbons (Fsp3) is 0.333. The number of piperidine rings is 1. The van der Waals surface area contributed by atoms with Gasteiger partial charge in [0.25, 0.3) is 5.91 Å². The van der Waals surface area contributed by atoms with Crippen molar-refractivity contribution in [1.82, 2.24) is 20.2 Å². The SMILES string of the molecule is C=C1Nc2ncccc2[C@@]12Cc1cc(C(=O)N[C@H]3C[C@@H](c4ccccc4)[C@@H](C)N(CC(F)(F)F)C3=O)cnc1C2. The van der Waals surface area contributed by atoms with Gasteiger partial charge in [0.2, 0.25) is 5.91 Å². The number of amides is 2. The summed E-state index contributed by atoms with van der Waals surface area (Å²) in [5, 5.41) is 5.99. The molecule has 1 aliphatic carbocycles. The minimum atomic E-state index is -4.57. The molecule has 0 unspecified atom stereocenters. The van der Waals surface area contributed by atoms with Crippen LogP contribution in [0.15, 0.2) is 73.2 Å². The largest absolute Gasteiger partial charge is 0.406 e. The minimum Gasteiger partial charge on any atom is -0.343 e. The average Bonchev–Trinajstić information content (AvgIpc) is 3.44. The van der Waals surface area contributed by atoms with E-state index in [9.17, 15) is 22.8 Å². The highest BCUT2D eigenvalue weighted by Crippen LogP contribution is 2.50. The number of nitrogens with zero attached hydrogens (tertiary/aromatic N) is 3.